The summed E-state index contributed by atoms with van der Waals surface area (Å²) in [6, 6.07) is 4.17. The van der Waals surface area contributed by atoms with Gasteiger partial charge in [-0.05, 0) is 18.2 Å². The summed E-state index contributed by atoms with van der Waals surface area (Å²) in [6.07, 6.45) is 0.402. The van der Waals surface area contributed by atoms with Crippen molar-refractivity contribution in [2.75, 3.05) is 26.9 Å². The molecular weight excluding hydrogens is 306 g/mol. The first-order valence-electron chi connectivity index (χ1n) is 6.00. The third-order valence-corrected chi connectivity index (χ3v) is 4.80. The largest absolute Gasteiger partial charge is 0.495 e. The normalized spacial score (nSPS) is 22.9. The Kier molecular flexibility index (Phi) is 4.55. The molecule has 1 aromatic rings. The highest BCUT2D eigenvalue weighted by Gasteiger charge is 2.33. The zero-order valence-electron chi connectivity index (χ0n) is 10.9. The van der Waals surface area contributed by atoms with Crippen molar-refractivity contribution in [3.05, 3.63) is 23.2 Å². The lowest BCUT2D eigenvalue weighted by molar-refractivity contribution is 0.0314. The Morgan fingerprint density at radius 2 is 2.30 bits per heavy atom. The second-order valence-corrected chi connectivity index (χ2v) is 6.82. The fourth-order valence-electron chi connectivity index (χ4n) is 1.86. The van der Waals surface area contributed by atoms with Crippen molar-refractivity contribution in [2.45, 2.75) is 16.9 Å². The van der Waals surface area contributed by atoms with Crippen molar-refractivity contribution < 1.29 is 23.0 Å². The monoisotopic (exact) mass is 321 g/mol. The van der Waals surface area contributed by atoms with E-state index < -0.39 is 15.6 Å². The molecule has 1 fully saturated rings. The van der Waals surface area contributed by atoms with E-state index in [0.29, 0.717) is 18.8 Å². The minimum Gasteiger partial charge on any atom is -0.495 e. The van der Waals surface area contributed by atoms with Crippen LogP contribution in [0.3, 0.4) is 0 Å². The molecule has 2 rings (SSSR count). The number of halogens is 1. The summed E-state index contributed by atoms with van der Waals surface area (Å²) in [5, 5.41) is 10.2. The van der Waals surface area contributed by atoms with Gasteiger partial charge in [-0.3, -0.25) is 0 Å². The molecule has 1 atom stereocenters. The van der Waals surface area contributed by atoms with Gasteiger partial charge in [0.2, 0.25) is 10.0 Å². The minimum absolute atomic E-state index is 0.0193. The first kappa shape index (κ1) is 15.5. The number of nitrogens with one attached hydrogen (secondary N) is 1. The predicted octanol–water partition coefficient (Wildman–Crippen LogP) is 0.778. The van der Waals surface area contributed by atoms with Crippen LogP contribution in [-0.4, -0.2) is 46.0 Å². The van der Waals surface area contributed by atoms with E-state index in [-0.39, 0.29) is 23.1 Å². The molecule has 0 aromatic heterocycles. The van der Waals surface area contributed by atoms with E-state index in [2.05, 4.69) is 4.72 Å². The van der Waals surface area contributed by atoms with E-state index in [1.165, 1.54) is 25.3 Å². The van der Waals surface area contributed by atoms with Crippen LogP contribution in [-0.2, 0) is 14.8 Å². The Bertz CT molecular complexity index is 584. The number of sulfonamides is 1. The molecule has 0 amide bonds. The second-order valence-electron chi connectivity index (χ2n) is 4.65. The van der Waals surface area contributed by atoms with Crippen molar-refractivity contribution in [1.82, 2.24) is 4.72 Å². The van der Waals surface area contributed by atoms with Crippen molar-refractivity contribution in [3.8, 4) is 5.75 Å². The van der Waals surface area contributed by atoms with Gasteiger partial charge in [-0.1, -0.05) is 11.6 Å². The average molecular weight is 322 g/mol. The van der Waals surface area contributed by atoms with Gasteiger partial charge < -0.3 is 14.6 Å². The van der Waals surface area contributed by atoms with Gasteiger partial charge in [-0.25, -0.2) is 13.1 Å². The third kappa shape index (κ3) is 3.42. The number of hydrogen-bond donors (Lipinski definition) is 2. The van der Waals surface area contributed by atoms with Crippen molar-refractivity contribution >= 4 is 21.6 Å². The number of ether oxygens (including phenoxy) is 2. The van der Waals surface area contributed by atoms with Crippen LogP contribution in [0.15, 0.2) is 23.1 Å². The zero-order chi connectivity index (χ0) is 14.8. The van der Waals surface area contributed by atoms with Gasteiger partial charge in [-0.15, -0.1) is 0 Å². The summed E-state index contributed by atoms with van der Waals surface area (Å²) >= 11 is 5.90. The summed E-state index contributed by atoms with van der Waals surface area (Å²) in [4.78, 5) is 0.0193. The molecule has 1 saturated heterocycles. The van der Waals surface area contributed by atoms with E-state index >= 15 is 0 Å². The van der Waals surface area contributed by atoms with E-state index in [9.17, 15) is 13.5 Å². The van der Waals surface area contributed by atoms with E-state index in [1.807, 2.05) is 0 Å². The Labute approximate surface area is 122 Å². The number of methoxy groups -OCH3 is 1. The molecule has 1 heterocycles. The van der Waals surface area contributed by atoms with Gasteiger partial charge in [0.05, 0.1) is 23.6 Å². The fourth-order valence-corrected chi connectivity index (χ4v) is 3.33. The van der Waals surface area contributed by atoms with Crippen LogP contribution in [0.25, 0.3) is 0 Å². The molecule has 2 N–H and O–H groups in total. The maximum atomic E-state index is 12.1. The average Bonchev–Trinajstić information content (AvgIpc) is 2.84. The van der Waals surface area contributed by atoms with Crippen LogP contribution in [0, 0.1) is 0 Å². The lowest BCUT2D eigenvalue weighted by atomic mass is 10.1. The number of rotatable bonds is 5. The van der Waals surface area contributed by atoms with E-state index in [1.54, 1.807) is 0 Å². The molecule has 0 saturated carbocycles. The molecule has 0 radical (unpaired) electrons. The maximum absolute atomic E-state index is 12.1. The molecule has 112 valence electrons. The smallest absolute Gasteiger partial charge is 0.240 e. The first-order chi connectivity index (χ1) is 9.36. The zero-order valence-corrected chi connectivity index (χ0v) is 12.5. The molecule has 0 bridgehead atoms. The predicted molar refractivity (Wildman–Crippen MR) is 73.6 cm³/mol. The maximum Gasteiger partial charge on any atom is 0.240 e. The molecule has 20 heavy (non-hydrogen) atoms. The Hall–Kier alpha value is -0.860. The molecule has 6 nitrogen and oxygen atoms in total. The topological polar surface area (TPSA) is 84.9 Å². The molecule has 1 aromatic carbocycles. The Morgan fingerprint density at radius 1 is 1.55 bits per heavy atom. The molecule has 0 unspecified atom stereocenters. The summed E-state index contributed by atoms with van der Waals surface area (Å²) in [6.45, 7) is 0.449. The van der Waals surface area contributed by atoms with Crippen LogP contribution in [0.4, 0.5) is 0 Å². The number of benzene rings is 1. The number of hydrogen-bond acceptors (Lipinski definition) is 5. The van der Waals surface area contributed by atoms with Crippen molar-refractivity contribution in [3.63, 3.8) is 0 Å². The molecule has 0 aliphatic carbocycles. The van der Waals surface area contributed by atoms with Gasteiger partial charge >= 0.3 is 0 Å². The quantitative estimate of drug-likeness (QED) is 0.837. The van der Waals surface area contributed by atoms with Gasteiger partial charge in [0.25, 0.3) is 0 Å². The van der Waals surface area contributed by atoms with E-state index in [4.69, 9.17) is 21.1 Å². The van der Waals surface area contributed by atoms with Gasteiger partial charge in [-0.2, -0.15) is 0 Å². The minimum atomic E-state index is -3.74. The molecular formula is C12H16ClNO5S. The summed E-state index contributed by atoms with van der Waals surface area (Å²) in [5.74, 6) is 0.397. The highest BCUT2D eigenvalue weighted by molar-refractivity contribution is 7.89. The van der Waals surface area contributed by atoms with Gasteiger partial charge in [0.1, 0.15) is 11.4 Å². The lowest BCUT2D eigenvalue weighted by Gasteiger charge is -2.20. The van der Waals surface area contributed by atoms with Crippen LogP contribution in [0.5, 0.6) is 5.75 Å². The standard InChI is InChI=1S/C12H16ClNO5S/c1-18-11-3-2-9(6-10(11)13)20(16,17)14-7-12(15)4-5-19-8-12/h2-3,6,14-15H,4-5,7-8H2,1H3/t12-/m0/s1. The summed E-state index contributed by atoms with van der Waals surface area (Å²) in [7, 11) is -2.29. The highest BCUT2D eigenvalue weighted by Crippen LogP contribution is 2.27. The lowest BCUT2D eigenvalue weighted by Crippen LogP contribution is -2.43. The summed E-state index contributed by atoms with van der Waals surface area (Å²) < 4.78 is 36.6. The molecule has 1 aliphatic rings. The molecule has 1 aliphatic heterocycles. The fraction of sp³-hybridized carbons (Fsp3) is 0.500. The Balaban J connectivity index is 2.12. The first-order valence-corrected chi connectivity index (χ1v) is 7.86. The van der Waals surface area contributed by atoms with Crippen molar-refractivity contribution in [2.24, 2.45) is 0 Å². The Morgan fingerprint density at radius 3 is 2.85 bits per heavy atom. The second kappa shape index (κ2) is 5.87. The highest BCUT2D eigenvalue weighted by atomic mass is 35.5. The van der Waals surface area contributed by atoms with Crippen LogP contribution < -0.4 is 9.46 Å². The number of aliphatic hydroxyl groups is 1. The van der Waals surface area contributed by atoms with Gasteiger partial charge in [0, 0.05) is 19.6 Å². The summed E-state index contributed by atoms with van der Waals surface area (Å²) in [5.41, 5.74) is -1.15. The van der Waals surface area contributed by atoms with Crippen LogP contribution in [0.2, 0.25) is 5.02 Å². The SMILES string of the molecule is COc1ccc(S(=O)(=O)NC[C@@]2(O)CCOC2)cc1Cl. The van der Waals surface area contributed by atoms with Crippen LogP contribution >= 0.6 is 11.6 Å². The molecule has 0 spiro atoms. The van der Waals surface area contributed by atoms with Gasteiger partial charge in [0.15, 0.2) is 0 Å². The van der Waals surface area contributed by atoms with E-state index in [0.717, 1.165) is 0 Å². The third-order valence-electron chi connectivity index (χ3n) is 3.11. The van der Waals surface area contributed by atoms with Crippen molar-refractivity contribution in [1.29, 1.82) is 0 Å². The van der Waals surface area contributed by atoms with Crippen LogP contribution in [0.1, 0.15) is 6.42 Å². The molecule has 8 heteroatoms.